The van der Waals surface area contributed by atoms with E-state index in [4.69, 9.17) is 5.11 Å². The minimum absolute atomic E-state index is 0.0886. The molecule has 0 spiro atoms. The molecule has 6 heteroatoms. The molecule has 1 aromatic carbocycles. The Morgan fingerprint density at radius 2 is 1.95 bits per heavy atom. The minimum atomic E-state index is -0.931. The Labute approximate surface area is 137 Å². The molecule has 0 aliphatic rings. The van der Waals surface area contributed by atoms with E-state index in [1.54, 1.807) is 0 Å². The van der Waals surface area contributed by atoms with E-state index in [0.29, 0.717) is 5.56 Å². The Kier molecular flexibility index (Phi) is 5.03. The molecular formula is C16H17BrN2O3. The van der Waals surface area contributed by atoms with E-state index < -0.39 is 5.97 Å². The zero-order chi connectivity index (χ0) is 16.3. The number of carbonyl (C=O) groups excluding carboxylic acids is 1. The topological polar surface area (TPSA) is 71.3 Å². The molecule has 0 fully saturated rings. The zero-order valence-electron chi connectivity index (χ0n) is 12.4. The third-order valence-corrected chi connectivity index (χ3v) is 4.06. The van der Waals surface area contributed by atoms with Gasteiger partial charge in [0.2, 0.25) is 0 Å². The van der Waals surface area contributed by atoms with Crippen LogP contribution >= 0.6 is 15.9 Å². The van der Waals surface area contributed by atoms with Gasteiger partial charge < -0.3 is 15.0 Å². The maximum atomic E-state index is 12.2. The first-order chi connectivity index (χ1) is 10.4. The normalized spacial score (nSPS) is 10.5. The van der Waals surface area contributed by atoms with Crippen LogP contribution in [-0.2, 0) is 4.79 Å². The van der Waals surface area contributed by atoms with Gasteiger partial charge in [0.1, 0.15) is 0 Å². The minimum Gasteiger partial charge on any atom is -0.481 e. The molecule has 2 rings (SSSR count). The number of amides is 1. The number of carboxylic acid groups (broad SMARTS) is 1. The number of rotatable bonds is 5. The molecule has 2 N–H and O–H groups in total. The predicted octanol–water partition coefficient (Wildman–Crippen LogP) is 3.06. The molecule has 0 bridgehead atoms. The van der Waals surface area contributed by atoms with Gasteiger partial charge in [0, 0.05) is 22.4 Å². The highest BCUT2D eigenvalue weighted by atomic mass is 79.9. The fourth-order valence-electron chi connectivity index (χ4n) is 2.37. The summed E-state index contributed by atoms with van der Waals surface area (Å²) in [7, 11) is 0. The molecule has 0 saturated carbocycles. The van der Waals surface area contributed by atoms with E-state index in [2.05, 4.69) is 21.2 Å². The maximum Gasteiger partial charge on any atom is 0.305 e. The monoisotopic (exact) mass is 364 g/mol. The SMILES string of the molecule is Cc1cc(C(=O)NCCC(=O)O)c(C)n1-c1ccccc1Br. The molecule has 1 heterocycles. The maximum absolute atomic E-state index is 12.2. The lowest BCUT2D eigenvalue weighted by molar-refractivity contribution is -0.136. The van der Waals surface area contributed by atoms with E-state index in [1.165, 1.54) is 0 Å². The summed E-state index contributed by atoms with van der Waals surface area (Å²) < 4.78 is 2.94. The molecule has 0 saturated heterocycles. The van der Waals surface area contributed by atoms with Crippen LogP contribution < -0.4 is 5.32 Å². The van der Waals surface area contributed by atoms with Crippen LogP contribution in [0.15, 0.2) is 34.8 Å². The summed E-state index contributed by atoms with van der Waals surface area (Å²) in [5.41, 5.74) is 3.27. The number of hydrogen-bond donors (Lipinski definition) is 2. The number of nitrogens with zero attached hydrogens (tertiary/aromatic N) is 1. The summed E-state index contributed by atoms with van der Waals surface area (Å²) in [6, 6.07) is 9.59. The van der Waals surface area contributed by atoms with Crippen molar-refractivity contribution >= 4 is 27.8 Å². The Balaban J connectivity index is 2.30. The molecular weight excluding hydrogens is 348 g/mol. The average Bonchev–Trinajstić information content (AvgIpc) is 2.74. The molecule has 0 atom stereocenters. The third-order valence-electron chi connectivity index (χ3n) is 3.39. The van der Waals surface area contributed by atoms with Crippen molar-refractivity contribution in [2.75, 3.05) is 6.54 Å². The van der Waals surface area contributed by atoms with Gasteiger partial charge in [0.15, 0.2) is 0 Å². The van der Waals surface area contributed by atoms with Crippen molar-refractivity contribution in [3.8, 4) is 5.69 Å². The highest BCUT2D eigenvalue weighted by Gasteiger charge is 2.17. The summed E-state index contributed by atoms with van der Waals surface area (Å²) in [6.45, 7) is 3.92. The van der Waals surface area contributed by atoms with E-state index in [1.807, 2.05) is 48.7 Å². The average molecular weight is 365 g/mol. The molecule has 116 valence electrons. The number of nitrogens with one attached hydrogen (secondary N) is 1. The van der Waals surface area contributed by atoms with Crippen LogP contribution in [0.1, 0.15) is 28.2 Å². The van der Waals surface area contributed by atoms with Crippen LogP contribution in [-0.4, -0.2) is 28.1 Å². The second-order valence-electron chi connectivity index (χ2n) is 4.97. The lowest BCUT2D eigenvalue weighted by Crippen LogP contribution is -2.26. The molecule has 1 amide bonds. The second kappa shape index (κ2) is 6.79. The van der Waals surface area contributed by atoms with Crippen LogP contribution in [0.2, 0.25) is 0 Å². The van der Waals surface area contributed by atoms with Crippen molar-refractivity contribution < 1.29 is 14.7 Å². The number of benzene rings is 1. The first kappa shape index (κ1) is 16.3. The number of para-hydroxylation sites is 1. The highest BCUT2D eigenvalue weighted by Crippen LogP contribution is 2.26. The van der Waals surface area contributed by atoms with Crippen LogP contribution in [0.3, 0.4) is 0 Å². The first-order valence-electron chi connectivity index (χ1n) is 6.85. The van der Waals surface area contributed by atoms with Crippen molar-refractivity contribution in [1.82, 2.24) is 9.88 Å². The largest absolute Gasteiger partial charge is 0.481 e. The first-order valence-corrected chi connectivity index (χ1v) is 7.65. The van der Waals surface area contributed by atoms with Gasteiger partial charge in [-0.3, -0.25) is 9.59 Å². The Morgan fingerprint density at radius 1 is 1.27 bits per heavy atom. The molecule has 2 aromatic rings. The Hall–Kier alpha value is -2.08. The summed E-state index contributed by atoms with van der Waals surface area (Å²) >= 11 is 3.52. The van der Waals surface area contributed by atoms with Crippen molar-refractivity contribution in [3.63, 3.8) is 0 Å². The van der Waals surface area contributed by atoms with Crippen molar-refractivity contribution in [3.05, 3.63) is 51.8 Å². The van der Waals surface area contributed by atoms with E-state index in [9.17, 15) is 9.59 Å². The van der Waals surface area contributed by atoms with Gasteiger partial charge in [-0.05, 0) is 48.0 Å². The smallest absolute Gasteiger partial charge is 0.305 e. The van der Waals surface area contributed by atoms with Crippen molar-refractivity contribution in [2.24, 2.45) is 0 Å². The molecule has 1 aromatic heterocycles. The molecule has 0 aliphatic carbocycles. The van der Waals surface area contributed by atoms with Gasteiger partial charge >= 0.3 is 5.97 Å². The lowest BCUT2D eigenvalue weighted by atomic mass is 10.2. The second-order valence-corrected chi connectivity index (χ2v) is 5.83. The fraction of sp³-hybridized carbons (Fsp3) is 0.250. The number of carbonyl (C=O) groups is 2. The molecule has 5 nitrogen and oxygen atoms in total. The lowest BCUT2D eigenvalue weighted by Gasteiger charge is -2.12. The molecule has 0 unspecified atom stereocenters. The van der Waals surface area contributed by atoms with E-state index >= 15 is 0 Å². The number of hydrogen-bond acceptors (Lipinski definition) is 2. The van der Waals surface area contributed by atoms with Crippen LogP contribution in [0.25, 0.3) is 5.69 Å². The quantitative estimate of drug-likeness (QED) is 0.856. The summed E-state index contributed by atoms with van der Waals surface area (Å²) in [4.78, 5) is 22.7. The Morgan fingerprint density at radius 3 is 2.59 bits per heavy atom. The van der Waals surface area contributed by atoms with Gasteiger partial charge in [-0.25, -0.2) is 0 Å². The fourth-order valence-corrected chi connectivity index (χ4v) is 2.84. The van der Waals surface area contributed by atoms with E-state index in [0.717, 1.165) is 21.5 Å². The number of aromatic nitrogens is 1. The zero-order valence-corrected chi connectivity index (χ0v) is 14.0. The van der Waals surface area contributed by atoms with Crippen LogP contribution in [0.4, 0.5) is 0 Å². The summed E-state index contributed by atoms with van der Waals surface area (Å²) in [5.74, 6) is -1.19. The van der Waals surface area contributed by atoms with Crippen LogP contribution in [0, 0.1) is 13.8 Å². The van der Waals surface area contributed by atoms with Gasteiger partial charge in [-0.2, -0.15) is 0 Å². The molecule has 0 radical (unpaired) electrons. The van der Waals surface area contributed by atoms with E-state index in [-0.39, 0.29) is 18.9 Å². The third kappa shape index (κ3) is 3.39. The standard InChI is InChI=1S/C16H17BrN2O3/c1-10-9-12(16(22)18-8-7-15(20)21)11(2)19(10)14-6-4-3-5-13(14)17/h3-6,9H,7-8H2,1-2H3,(H,18,22)(H,20,21). The van der Waals surface area contributed by atoms with Crippen LogP contribution in [0.5, 0.6) is 0 Å². The Bertz CT molecular complexity index is 722. The number of aryl methyl sites for hydroxylation is 1. The molecule has 22 heavy (non-hydrogen) atoms. The summed E-state index contributed by atoms with van der Waals surface area (Å²) in [6.07, 6.45) is -0.0886. The van der Waals surface area contributed by atoms with Gasteiger partial charge in [-0.15, -0.1) is 0 Å². The number of carboxylic acids is 1. The van der Waals surface area contributed by atoms with Gasteiger partial charge in [0.05, 0.1) is 17.7 Å². The number of halogens is 1. The van der Waals surface area contributed by atoms with Crippen molar-refractivity contribution in [2.45, 2.75) is 20.3 Å². The van der Waals surface area contributed by atoms with Crippen molar-refractivity contribution in [1.29, 1.82) is 0 Å². The van der Waals surface area contributed by atoms with Gasteiger partial charge in [-0.1, -0.05) is 12.1 Å². The predicted molar refractivity (Wildman–Crippen MR) is 87.5 cm³/mol. The van der Waals surface area contributed by atoms with Gasteiger partial charge in [0.25, 0.3) is 5.91 Å². The number of aliphatic carboxylic acids is 1. The highest BCUT2D eigenvalue weighted by molar-refractivity contribution is 9.10. The summed E-state index contributed by atoms with van der Waals surface area (Å²) in [5, 5.41) is 11.3. The molecule has 0 aliphatic heterocycles.